The van der Waals surface area contributed by atoms with Gasteiger partial charge in [0.25, 0.3) is 0 Å². The Kier molecular flexibility index (Phi) is 7.40. The number of esters is 1. The smallest absolute Gasteiger partial charge is 0.338 e. The highest BCUT2D eigenvalue weighted by Crippen LogP contribution is 2.16. The van der Waals surface area contributed by atoms with Crippen LogP contribution in [0, 0.1) is 0 Å². The Morgan fingerprint density at radius 1 is 1.22 bits per heavy atom. The van der Waals surface area contributed by atoms with Crippen molar-refractivity contribution in [3.05, 3.63) is 29.8 Å². The SMILES string of the molecule is CCCOc1ccc(C(=O)OCCCN2CCCC[C@H]2C)cc1. The predicted octanol–water partition coefficient (Wildman–Crippen LogP) is 3.90. The molecule has 0 aliphatic carbocycles. The van der Waals surface area contributed by atoms with Crippen molar-refractivity contribution in [3.8, 4) is 5.75 Å². The Bertz CT molecular complexity index is 472. The first-order valence-electron chi connectivity index (χ1n) is 8.84. The number of benzene rings is 1. The quantitative estimate of drug-likeness (QED) is 0.538. The molecule has 0 spiro atoms. The van der Waals surface area contributed by atoms with Crippen molar-refractivity contribution in [3.63, 3.8) is 0 Å². The Morgan fingerprint density at radius 2 is 2.00 bits per heavy atom. The minimum absolute atomic E-state index is 0.251. The van der Waals surface area contributed by atoms with Crippen molar-refractivity contribution in [2.24, 2.45) is 0 Å². The summed E-state index contributed by atoms with van der Waals surface area (Å²) in [4.78, 5) is 14.5. The number of hydrogen-bond acceptors (Lipinski definition) is 4. The lowest BCUT2D eigenvalue weighted by atomic mass is 10.0. The van der Waals surface area contributed by atoms with Gasteiger partial charge in [-0.2, -0.15) is 0 Å². The lowest BCUT2D eigenvalue weighted by molar-refractivity contribution is 0.0475. The summed E-state index contributed by atoms with van der Waals surface area (Å²) < 4.78 is 10.9. The van der Waals surface area contributed by atoms with Gasteiger partial charge in [-0.15, -0.1) is 0 Å². The van der Waals surface area contributed by atoms with Crippen LogP contribution in [0.2, 0.25) is 0 Å². The largest absolute Gasteiger partial charge is 0.494 e. The topological polar surface area (TPSA) is 38.8 Å². The van der Waals surface area contributed by atoms with Gasteiger partial charge in [-0.1, -0.05) is 13.3 Å². The monoisotopic (exact) mass is 319 g/mol. The van der Waals surface area contributed by atoms with Gasteiger partial charge in [0.15, 0.2) is 0 Å². The van der Waals surface area contributed by atoms with E-state index in [1.165, 1.54) is 25.8 Å². The Morgan fingerprint density at radius 3 is 2.70 bits per heavy atom. The summed E-state index contributed by atoms with van der Waals surface area (Å²) in [6.45, 7) is 7.71. The zero-order valence-electron chi connectivity index (χ0n) is 14.4. The number of nitrogens with zero attached hydrogens (tertiary/aromatic N) is 1. The van der Waals surface area contributed by atoms with Crippen molar-refractivity contribution in [2.75, 3.05) is 26.3 Å². The van der Waals surface area contributed by atoms with Crippen LogP contribution in [0.15, 0.2) is 24.3 Å². The molecule has 0 unspecified atom stereocenters. The highest BCUT2D eigenvalue weighted by Gasteiger charge is 2.17. The maximum atomic E-state index is 12.0. The summed E-state index contributed by atoms with van der Waals surface area (Å²) in [5.74, 6) is 0.543. The average Bonchev–Trinajstić information content (AvgIpc) is 2.58. The number of hydrogen-bond donors (Lipinski definition) is 0. The summed E-state index contributed by atoms with van der Waals surface area (Å²) >= 11 is 0. The van der Waals surface area contributed by atoms with E-state index >= 15 is 0 Å². The molecule has 1 atom stereocenters. The maximum absolute atomic E-state index is 12.0. The second kappa shape index (κ2) is 9.56. The molecule has 0 radical (unpaired) electrons. The van der Waals surface area contributed by atoms with Gasteiger partial charge >= 0.3 is 5.97 Å². The van der Waals surface area contributed by atoms with Crippen LogP contribution in [0.5, 0.6) is 5.75 Å². The normalized spacial score (nSPS) is 18.6. The molecule has 4 nitrogen and oxygen atoms in total. The molecule has 1 aromatic carbocycles. The number of likely N-dealkylation sites (tertiary alicyclic amines) is 1. The molecule has 1 heterocycles. The molecule has 1 aliphatic heterocycles. The van der Waals surface area contributed by atoms with E-state index in [1.807, 2.05) is 12.1 Å². The molecule has 0 amide bonds. The summed E-state index contributed by atoms with van der Waals surface area (Å²) in [5.41, 5.74) is 0.584. The van der Waals surface area contributed by atoms with Crippen molar-refractivity contribution in [1.82, 2.24) is 4.90 Å². The predicted molar refractivity (Wildman–Crippen MR) is 92.0 cm³/mol. The van der Waals surface area contributed by atoms with E-state index in [1.54, 1.807) is 12.1 Å². The third-order valence-electron chi connectivity index (χ3n) is 4.33. The van der Waals surface area contributed by atoms with Gasteiger partial charge in [-0.3, -0.25) is 0 Å². The van der Waals surface area contributed by atoms with Crippen LogP contribution < -0.4 is 4.74 Å². The molecular formula is C19H29NO3. The number of carbonyl (C=O) groups excluding carboxylic acids is 1. The fourth-order valence-corrected chi connectivity index (χ4v) is 2.91. The average molecular weight is 319 g/mol. The van der Waals surface area contributed by atoms with E-state index in [2.05, 4.69) is 18.7 Å². The molecule has 1 saturated heterocycles. The third kappa shape index (κ3) is 5.87. The van der Waals surface area contributed by atoms with Gasteiger partial charge in [0.1, 0.15) is 5.75 Å². The fourth-order valence-electron chi connectivity index (χ4n) is 2.91. The Labute approximate surface area is 139 Å². The van der Waals surface area contributed by atoms with Crippen LogP contribution in [0.1, 0.15) is 56.3 Å². The molecule has 1 aliphatic rings. The first-order chi connectivity index (χ1) is 11.2. The third-order valence-corrected chi connectivity index (χ3v) is 4.33. The van der Waals surface area contributed by atoms with Gasteiger partial charge in [-0.05, 0) is 63.4 Å². The van der Waals surface area contributed by atoms with E-state index in [-0.39, 0.29) is 5.97 Å². The molecule has 1 fully saturated rings. The Hall–Kier alpha value is -1.55. The second-order valence-electron chi connectivity index (χ2n) is 6.24. The molecule has 0 saturated carbocycles. The lowest BCUT2D eigenvalue weighted by Crippen LogP contribution is -2.38. The standard InChI is InChI=1S/C19H29NO3/c1-3-14-22-18-10-8-17(9-11-18)19(21)23-15-6-13-20-12-5-4-7-16(20)2/h8-11,16H,3-7,12-15H2,1-2H3/t16-/m1/s1. The molecule has 23 heavy (non-hydrogen) atoms. The minimum atomic E-state index is -0.251. The van der Waals surface area contributed by atoms with Crippen molar-refractivity contribution >= 4 is 5.97 Å². The fraction of sp³-hybridized carbons (Fsp3) is 0.632. The number of rotatable bonds is 8. The van der Waals surface area contributed by atoms with Crippen molar-refractivity contribution < 1.29 is 14.3 Å². The second-order valence-corrected chi connectivity index (χ2v) is 6.24. The van der Waals surface area contributed by atoms with Gasteiger partial charge in [0, 0.05) is 12.6 Å². The van der Waals surface area contributed by atoms with Crippen molar-refractivity contribution in [2.45, 2.75) is 52.0 Å². The molecule has 0 N–H and O–H groups in total. The van der Waals surface area contributed by atoms with Gasteiger partial charge in [-0.25, -0.2) is 4.79 Å². The molecule has 1 aromatic rings. The van der Waals surface area contributed by atoms with E-state index in [0.717, 1.165) is 25.1 Å². The van der Waals surface area contributed by atoms with Gasteiger partial charge in [0.05, 0.1) is 18.8 Å². The molecule has 0 bridgehead atoms. The Balaban J connectivity index is 1.68. The first kappa shape index (κ1) is 17.8. The number of ether oxygens (including phenoxy) is 2. The van der Waals surface area contributed by atoms with E-state index < -0.39 is 0 Å². The van der Waals surface area contributed by atoms with Crippen LogP contribution in [0.25, 0.3) is 0 Å². The zero-order chi connectivity index (χ0) is 16.5. The molecule has 128 valence electrons. The minimum Gasteiger partial charge on any atom is -0.494 e. The molecule has 4 heteroatoms. The summed E-state index contributed by atoms with van der Waals surface area (Å²) in [6, 6.07) is 7.83. The van der Waals surface area contributed by atoms with Crippen LogP contribution in [-0.4, -0.2) is 43.2 Å². The molecule has 0 aromatic heterocycles. The number of piperidine rings is 1. The highest BCUT2D eigenvalue weighted by atomic mass is 16.5. The number of carbonyl (C=O) groups is 1. The van der Waals surface area contributed by atoms with Crippen LogP contribution in [0.3, 0.4) is 0 Å². The summed E-state index contributed by atoms with van der Waals surface area (Å²) in [6.07, 6.45) is 5.78. The van der Waals surface area contributed by atoms with Gasteiger partial charge in [0.2, 0.25) is 0 Å². The lowest BCUT2D eigenvalue weighted by Gasteiger charge is -2.33. The molecular weight excluding hydrogens is 290 g/mol. The van der Waals surface area contributed by atoms with Crippen LogP contribution in [0.4, 0.5) is 0 Å². The first-order valence-corrected chi connectivity index (χ1v) is 8.84. The van der Waals surface area contributed by atoms with E-state index in [4.69, 9.17) is 9.47 Å². The zero-order valence-corrected chi connectivity index (χ0v) is 14.4. The highest BCUT2D eigenvalue weighted by molar-refractivity contribution is 5.89. The van der Waals surface area contributed by atoms with E-state index in [9.17, 15) is 4.79 Å². The van der Waals surface area contributed by atoms with E-state index in [0.29, 0.717) is 24.8 Å². The maximum Gasteiger partial charge on any atom is 0.338 e. The van der Waals surface area contributed by atoms with Crippen LogP contribution in [-0.2, 0) is 4.74 Å². The molecule has 2 rings (SSSR count). The summed E-state index contributed by atoms with van der Waals surface area (Å²) in [7, 11) is 0. The van der Waals surface area contributed by atoms with Crippen LogP contribution >= 0.6 is 0 Å². The summed E-state index contributed by atoms with van der Waals surface area (Å²) in [5, 5.41) is 0. The van der Waals surface area contributed by atoms with Gasteiger partial charge < -0.3 is 14.4 Å². The van der Waals surface area contributed by atoms with Crippen molar-refractivity contribution in [1.29, 1.82) is 0 Å².